The van der Waals surface area contributed by atoms with Crippen molar-refractivity contribution in [3.8, 4) is 17.1 Å². The molecule has 2 aromatic carbocycles. The Kier molecular flexibility index (Phi) is 6.08. The predicted octanol–water partition coefficient (Wildman–Crippen LogP) is 4.82. The molecule has 0 radical (unpaired) electrons. The molecule has 2 aromatic heterocycles. The highest BCUT2D eigenvalue weighted by molar-refractivity contribution is 7.99. The molecule has 0 atom stereocenters. The van der Waals surface area contributed by atoms with Crippen LogP contribution in [0.25, 0.3) is 17.1 Å². The first-order valence-electron chi connectivity index (χ1n) is 9.63. The molecule has 0 aliphatic rings. The number of benzene rings is 2. The maximum Gasteiger partial charge on any atom is 0.234 e. The first-order valence-corrected chi connectivity index (χ1v) is 10.6. The molecule has 0 bridgehead atoms. The number of nitrogens with one attached hydrogen (secondary N) is 1. The summed E-state index contributed by atoms with van der Waals surface area (Å²) in [6.07, 6.45) is 3.40. The van der Waals surface area contributed by atoms with E-state index in [0.29, 0.717) is 11.0 Å². The molecule has 0 saturated heterocycles. The second-order valence-corrected chi connectivity index (χ2v) is 7.91. The number of carbonyl (C=O) groups excluding carboxylic acids is 1. The Morgan fingerprint density at radius 1 is 1.03 bits per heavy atom. The molecule has 31 heavy (non-hydrogen) atoms. The summed E-state index contributed by atoms with van der Waals surface area (Å²) in [7, 11) is 0. The Bertz CT molecular complexity index is 1230. The van der Waals surface area contributed by atoms with Gasteiger partial charge in [-0.2, -0.15) is 0 Å². The second-order valence-electron chi connectivity index (χ2n) is 6.96. The molecule has 2 heterocycles. The van der Waals surface area contributed by atoms with Gasteiger partial charge in [-0.1, -0.05) is 30.0 Å². The number of hydrogen-bond acceptors (Lipinski definition) is 5. The third kappa shape index (κ3) is 4.64. The number of amides is 1. The Hall–Kier alpha value is -3.52. The number of aryl methyl sites for hydroxylation is 2. The van der Waals surface area contributed by atoms with Crippen LogP contribution in [-0.2, 0) is 4.79 Å². The number of halogens is 1. The molecule has 1 amide bonds. The van der Waals surface area contributed by atoms with E-state index in [4.69, 9.17) is 0 Å². The Labute approximate surface area is 183 Å². The van der Waals surface area contributed by atoms with Crippen molar-refractivity contribution < 1.29 is 9.18 Å². The predicted molar refractivity (Wildman–Crippen MR) is 120 cm³/mol. The number of para-hydroxylation sites is 1. The lowest BCUT2D eigenvalue weighted by molar-refractivity contribution is -0.113. The van der Waals surface area contributed by atoms with Crippen LogP contribution in [0.2, 0.25) is 0 Å². The van der Waals surface area contributed by atoms with E-state index in [0.717, 1.165) is 16.8 Å². The number of anilines is 1. The number of rotatable bonds is 6. The minimum Gasteiger partial charge on any atom is -0.323 e. The smallest absolute Gasteiger partial charge is 0.234 e. The molecule has 6 nitrogen and oxygen atoms in total. The average Bonchev–Trinajstić information content (AvgIpc) is 3.20. The van der Waals surface area contributed by atoms with Crippen molar-refractivity contribution in [3.05, 3.63) is 83.9 Å². The van der Waals surface area contributed by atoms with E-state index < -0.39 is 5.82 Å². The van der Waals surface area contributed by atoms with Gasteiger partial charge in [0.05, 0.1) is 17.1 Å². The monoisotopic (exact) mass is 433 g/mol. The van der Waals surface area contributed by atoms with Crippen LogP contribution in [0.3, 0.4) is 0 Å². The lowest BCUT2D eigenvalue weighted by Gasteiger charge is -2.12. The van der Waals surface area contributed by atoms with Gasteiger partial charge in [-0.25, -0.2) is 4.39 Å². The van der Waals surface area contributed by atoms with Gasteiger partial charge in [0, 0.05) is 18.0 Å². The van der Waals surface area contributed by atoms with Crippen LogP contribution in [0.4, 0.5) is 10.1 Å². The third-order valence-electron chi connectivity index (χ3n) is 4.80. The summed E-state index contributed by atoms with van der Waals surface area (Å²) < 4.78 is 15.7. The van der Waals surface area contributed by atoms with Gasteiger partial charge in [0.1, 0.15) is 5.82 Å². The molecule has 0 aliphatic heterocycles. The molecule has 0 unspecified atom stereocenters. The lowest BCUT2D eigenvalue weighted by Crippen LogP contribution is -2.15. The number of hydrogen-bond donors (Lipinski definition) is 1. The van der Waals surface area contributed by atoms with E-state index in [9.17, 15) is 9.18 Å². The average molecular weight is 434 g/mol. The van der Waals surface area contributed by atoms with E-state index in [1.807, 2.05) is 35.8 Å². The lowest BCUT2D eigenvalue weighted by atomic mass is 10.1. The van der Waals surface area contributed by atoms with Crippen molar-refractivity contribution in [1.29, 1.82) is 0 Å². The molecular formula is C23H20FN5OS. The Morgan fingerprint density at radius 3 is 2.55 bits per heavy atom. The van der Waals surface area contributed by atoms with Gasteiger partial charge in [-0.3, -0.25) is 14.3 Å². The van der Waals surface area contributed by atoms with Gasteiger partial charge in [-0.05, 0) is 61.4 Å². The van der Waals surface area contributed by atoms with Crippen molar-refractivity contribution >= 4 is 23.4 Å². The van der Waals surface area contributed by atoms with E-state index in [1.165, 1.54) is 29.5 Å². The fourth-order valence-corrected chi connectivity index (χ4v) is 3.78. The van der Waals surface area contributed by atoms with E-state index in [1.54, 1.807) is 24.5 Å². The van der Waals surface area contributed by atoms with Crippen LogP contribution in [0.1, 0.15) is 11.1 Å². The second kappa shape index (κ2) is 9.09. The van der Waals surface area contributed by atoms with Crippen molar-refractivity contribution in [2.24, 2.45) is 0 Å². The Balaban J connectivity index is 1.63. The number of nitrogens with zero attached hydrogens (tertiary/aromatic N) is 4. The first kappa shape index (κ1) is 20.7. The topological polar surface area (TPSA) is 72.7 Å². The molecular weight excluding hydrogens is 413 g/mol. The summed E-state index contributed by atoms with van der Waals surface area (Å²) in [6.45, 7) is 4.10. The van der Waals surface area contributed by atoms with Crippen LogP contribution in [0, 0.1) is 19.7 Å². The van der Waals surface area contributed by atoms with E-state index in [-0.39, 0.29) is 17.3 Å². The highest BCUT2D eigenvalue weighted by atomic mass is 32.2. The summed E-state index contributed by atoms with van der Waals surface area (Å²) in [4.78, 5) is 16.5. The quantitative estimate of drug-likeness (QED) is 0.442. The van der Waals surface area contributed by atoms with Crippen molar-refractivity contribution in [1.82, 2.24) is 19.7 Å². The highest BCUT2D eigenvalue weighted by Crippen LogP contribution is 2.29. The maximum atomic E-state index is 13.8. The molecule has 4 rings (SSSR count). The summed E-state index contributed by atoms with van der Waals surface area (Å²) >= 11 is 1.24. The van der Waals surface area contributed by atoms with Crippen LogP contribution in [0.5, 0.6) is 0 Å². The zero-order valence-corrected chi connectivity index (χ0v) is 17.9. The molecule has 0 fully saturated rings. The number of carbonyl (C=O) groups is 1. The fourth-order valence-electron chi connectivity index (χ4n) is 3.03. The summed E-state index contributed by atoms with van der Waals surface area (Å²) in [5.41, 5.74) is 4.24. The third-order valence-corrected chi connectivity index (χ3v) is 5.73. The molecule has 4 aromatic rings. The largest absolute Gasteiger partial charge is 0.323 e. The minimum absolute atomic E-state index is 0.0632. The van der Waals surface area contributed by atoms with Crippen molar-refractivity contribution in [2.45, 2.75) is 19.0 Å². The molecule has 156 valence electrons. The minimum atomic E-state index is -0.473. The van der Waals surface area contributed by atoms with E-state index in [2.05, 4.69) is 33.5 Å². The molecule has 0 spiro atoms. The van der Waals surface area contributed by atoms with Gasteiger partial charge in [-0.15, -0.1) is 10.2 Å². The molecule has 0 saturated carbocycles. The Morgan fingerprint density at radius 2 is 1.81 bits per heavy atom. The van der Waals surface area contributed by atoms with Crippen LogP contribution in [-0.4, -0.2) is 31.4 Å². The van der Waals surface area contributed by atoms with Crippen LogP contribution >= 0.6 is 11.8 Å². The van der Waals surface area contributed by atoms with Gasteiger partial charge >= 0.3 is 0 Å². The summed E-state index contributed by atoms with van der Waals surface area (Å²) in [5.74, 6) is -0.0785. The normalized spacial score (nSPS) is 10.8. The van der Waals surface area contributed by atoms with Gasteiger partial charge < -0.3 is 5.32 Å². The zero-order chi connectivity index (χ0) is 21.8. The molecule has 1 N–H and O–H groups in total. The number of thioether (sulfide) groups is 1. The highest BCUT2D eigenvalue weighted by Gasteiger charge is 2.18. The number of aromatic nitrogens is 4. The first-order chi connectivity index (χ1) is 15.0. The van der Waals surface area contributed by atoms with Crippen LogP contribution < -0.4 is 5.32 Å². The van der Waals surface area contributed by atoms with Gasteiger partial charge in [0.2, 0.25) is 5.91 Å². The summed E-state index contributed by atoms with van der Waals surface area (Å²) in [5, 5.41) is 11.8. The van der Waals surface area contributed by atoms with Crippen LogP contribution in [0.15, 0.2) is 72.1 Å². The molecule has 8 heteroatoms. The van der Waals surface area contributed by atoms with E-state index >= 15 is 0 Å². The summed E-state index contributed by atoms with van der Waals surface area (Å²) in [6, 6.07) is 15.9. The van der Waals surface area contributed by atoms with Crippen molar-refractivity contribution in [2.75, 3.05) is 11.1 Å². The number of pyridine rings is 1. The van der Waals surface area contributed by atoms with Crippen molar-refractivity contribution in [3.63, 3.8) is 0 Å². The maximum absolute atomic E-state index is 13.8. The zero-order valence-electron chi connectivity index (χ0n) is 17.0. The SMILES string of the molecule is Cc1ccc(-n2c(SCC(=O)Nc3ccccc3F)nnc2-c2ccncc2)cc1C. The fraction of sp³-hybridized carbons (Fsp3) is 0.130. The molecule has 0 aliphatic carbocycles. The van der Waals surface area contributed by atoms with Gasteiger partial charge in [0.25, 0.3) is 0 Å². The van der Waals surface area contributed by atoms with Gasteiger partial charge in [0.15, 0.2) is 11.0 Å². The standard InChI is InChI=1S/C23H20FN5OS/c1-15-7-8-18(13-16(15)2)29-22(17-9-11-25-12-10-17)27-28-23(29)31-14-21(30)26-20-6-4-3-5-19(20)24/h3-13H,14H2,1-2H3,(H,26,30).